The van der Waals surface area contributed by atoms with Crippen molar-refractivity contribution in [1.82, 2.24) is 0 Å². The Bertz CT molecular complexity index is 842. The predicted molar refractivity (Wildman–Crippen MR) is 84.6 cm³/mol. The summed E-state index contributed by atoms with van der Waals surface area (Å²) in [6.07, 6.45) is 1.52. The molecule has 24 heavy (non-hydrogen) atoms. The Morgan fingerprint density at radius 2 is 1.92 bits per heavy atom. The van der Waals surface area contributed by atoms with Gasteiger partial charge in [-0.05, 0) is 42.8 Å². The quantitative estimate of drug-likeness (QED) is 0.635. The number of carbonyl (C=O) groups is 1. The van der Waals surface area contributed by atoms with E-state index in [4.69, 9.17) is 9.47 Å². The summed E-state index contributed by atoms with van der Waals surface area (Å²) < 4.78 is 37.0. The molecule has 0 N–H and O–H groups in total. The van der Waals surface area contributed by atoms with Crippen LogP contribution in [0.25, 0.3) is 6.08 Å². The Labute approximate surface area is 137 Å². The van der Waals surface area contributed by atoms with Gasteiger partial charge in [0.2, 0.25) is 5.90 Å². The average molecular weight is 329 g/mol. The first kappa shape index (κ1) is 15.9. The number of halogens is 2. The Balaban J connectivity index is 1.88. The molecule has 0 unspecified atom stereocenters. The zero-order chi connectivity index (χ0) is 17.1. The first-order chi connectivity index (χ1) is 11.6. The zero-order valence-electron chi connectivity index (χ0n) is 12.8. The summed E-state index contributed by atoms with van der Waals surface area (Å²) in [7, 11) is 0. The Morgan fingerprint density at radius 1 is 1.17 bits per heavy atom. The molecular weight excluding hydrogens is 316 g/mol. The van der Waals surface area contributed by atoms with E-state index in [1.165, 1.54) is 12.1 Å². The van der Waals surface area contributed by atoms with E-state index in [1.54, 1.807) is 24.3 Å². The van der Waals surface area contributed by atoms with E-state index in [1.807, 2.05) is 6.92 Å². The first-order valence-corrected chi connectivity index (χ1v) is 7.27. The molecule has 0 fully saturated rings. The zero-order valence-corrected chi connectivity index (χ0v) is 12.8. The first-order valence-electron chi connectivity index (χ1n) is 7.27. The van der Waals surface area contributed by atoms with Crippen LogP contribution in [0.5, 0.6) is 5.75 Å². The second-order valence-corrected chi connectivity index (χ2v) is 4.96. The molecule has 0 saturated heterocycles. The summed E-state index contributed by atoms with van der Waals surface area (Å²) in [4.78, 5) is 15.9. The topological polar surface area (TPSA) is 47.9 Å². The molecule has 0 atom stereocenters. The minimum atomic E-state index is -0.844. The highest BCUT2D eigenvalue weighted by Gasteiger charge is 2.26. The van der Waals surface area contributed by atoms with Crippen molar-refractivity contribution in [2.24, 2.45) is 4.99 Å². The van der Waals surface area contributed by atoms with Crippen molar-refractivity contribution in [3.05, 3.63) is 70.9 Å². The monoisotopic (exact) mass is 329 g/mol. The van der Waals surface area contributed by atoms with Crippen LogP contribution < -0.4 is 4.74 Å². The summed E-state index contributed by atoms with van der Waals surface area (Å²) in [6, 6.07) is 10.0. The molecule has 0 spiro atoms. The number of carbonyl (C=O) groups excluding carboxylic acids is 1. The molecule has 0 bridgehead atoms. The van der Waals surface area contributed by atoms with E-state index < -0.39 is 17.6 Å². The molecule has 1 aliphatic rings. The van der Waals surface area contributed by atoms with Crippen molar-refractivity contribution >= 4 is 17.9 Å². The van der Waals surface area contributed by atoms with Gasteiger partial charge in [-0.1, -0.05) is 12.1 Å². The van der Waals surface area contributed by atoms with Gasteiger partial charge in [0, 0.05) is 6.07 Å². The van der Waals surface area contributed by atoms with Crippen LogP contribution in [0.4, 0.5) is 8.78 Å². The molecule has 1 aliphatic heterocycles. The van der Waals surface area contributed by atoms with Crippen LogP contribution in [-0.2, 0) is 9.53 Å². The van der Waals surface area contributed by atoms with Crippen LogP contribution >= 0.6 is 0 Å². The Morgan fingerprint density at radius 3 is 2.58 bits per heavy atom. The number of rotatable bonds is 4. The van der Waals surface area contributed by atoms with Gasteiger partial charge in [0.15, 0.2) is 5.70 Å². The van der Waals surface area contributed by atoms with Crippen molar-refractivity contribution < 1.29 is 23.0 Å². The van der Waals surface area contributed by atoms with Gasteiger partial charge >= 0.3 is 5.97 Å². The molecule has 1 heterocycles. The van der Waals surface area contributed by atoms with Gasteiger partial charge in [0.05, 0.1) is 12.2 Å². The molecule has 0 saturated carbocycles. The molecule has 0 aliphatic carbocycles. The second-order valence-electron chi connectivity index (χ2n) is 4.96. The van der Waals surface area contributed by atoms with Crippen LogP contribution in [0.1, 0.15) is 18.1 Å². The fourth-order valence-electron chi connectivity index (χ4n) is 2.17. The standard InChI is InChI=1S/C18H13F2NO3/c1-2-23-13-6-3-11(4-7-13)9-16-18(22)24-17(21-16)14-8-5-12(19)10-15(14)20/h3-10H,2H2,1H3/b16-9-. The molecule has 6 heteroatoms. The van der Waals surface area contributed by atoms with E-state index in [0.717, 1.165) is 11.6 Å². The van der Waals surface area contributed by atoms with Crippen LogP contribution in [0.15, 0.2) is 53.2 Å². The molecular formula is C18H13F2NO3. The molecule has 0 aromatic heterocycles. The normalized spacial score (nSPS) is 15.4. The van der Waals surface area contributed by atoms with E-state index in [-0.39, 0.29) is 17.2 Å². The third-order valence-electron chi connectivity index (χ3n) is 3.28. The number of aliphatic imine (C=N–C) groups is 1. The van der Waals surface area contributed by atoms with Gasteiger partial charge in [-0.15, -0.1) is 0 Å². The van der Waals surface area contributed by atoms with Crippen molar-refractivity contribution in [3.63, 3.8) is 0 Å². The van der Waals surface area contributed by atoms with Crippen LogP contribution in [0.2, 0.25) is 0 Å². The van der Waals surface area contributed by atoms with Gasteiger partial charge in [0.25, 0.3) is 0 Å². The fraction of sp³-hybridized carbons (Fsp3) is 0.111. The summed E-state index contributed by atoms with van der Waals surface area (Å²) in [5.74, 6) is -1.72. The van der Waals surface area contributed by atoms with Crippen LogP contribution in [0.3, 0.4) is 0 Å². The highest BCUT2D eigenvalue weighted by Crippen LogP contribution is 2.22. The minimum Gasteiger partial charge on any atom is -0.494 e. The van der Waals surface area contributed by atoms with Gasteiger partial charge in [-0.25, -0.2) is 18.6 Å². The Kier molecular flexibility index (Phi) is 4.37. The number of cyclic esters (lactones) is 1. The van der Waals surface area contributed by atoms with E-state index in [9.17, 15) is 13.6 Å². The van der Waals surface area contributed by atoms with Gasteiger partial charge in [0.1, 0.15) is 17.4 Å². The highest BCUT2D eigenvalue weighted by molar-refractivity contribution is 6.12. The Hall–Kier alpha value is -3.02. The van der Waals surface area contributed by atoms with Crippen LogP contribution in [0, 0.1) is 11.6 Å². The third-order valence-corrected chi connectivity index (χ3v) is 3.28. The maximum atomic E-state index is 13.8. The largest absolute Gasteiger partial charge is 0.494 e. The molecule has 2 aromatic carbocycles. The number of hydrogen-bond acceptors (Lipinski definition) is 4. The van der Waals surface area contributed by atoms with Crippen molar-refractivity contribution in [3.8, 4) is 5.75 Å². The van der Waals surface area contributed by atoms with Crippen molar-refractivity contribution in [2.75, 3.05) is 6.61 Å². The SMILES string of the molecule is CCOc1ccc(/C=C2\N=C(c3ccc(F)cc3F)OC2=O)cc1. The maximum absolute atomic E-state index is 13.8. The minimum absolute atomic E-state index is 0.0397. The van der Waals surface area contributed by atoms with E-state index in [0.29, 0.717) is 18.4 Å². The second kappa shape index (κ2) is 6.62. The number of benzene rings is 2. The van der Waals surface area contributed by atoms with E-state index >= 15 is 0 Å². The number of nitrogens with zero attached hydrogens (tertiary/aromatic N) is 1. The summed E-state index contributed by atoms with van der Waals surface area (Å²) in [6.45, 7) is 2.44. The molecule has 2 aromatic rings. The molecule has 3 rings (SSSR count). The summed E-state index contributed by atoms with van der Waals surface area (Å²) in [5, 5.41) is 0. The molecule has 0 amide bonds. The lowest BCUT2D eigenvalue weighted by atomic mass is 10.2. The average Bonchev–Trinajstić information content (AvgIpc) is 2.90. The van der Waals surface area contributed by atoms with Crippen LogP contribution in [-0.4, -0.2) is 18.5 Å². The summed E-state index contributed by atoms with van der Waals surface area (Å²) >= 11 is 0. The molecule has 4 nitrogen and oxygen atoms in total. The maximum Gasteiger partial charge on any atom is 0.363 e. The predicted octanol–water partition coefficient (Wildman–Crippen LogP) is 3.71. The number of esters is 1. The third kappa shape index (κ3) is 3.32. The lowest BCUT2D eigenvalue weighted by Crippen LogP contribution is -2.07. The van der Waals surface area contributed by atoms with Gasteiger partial charge in [-0.2, -0.15) is 0 Å². The molecule has 0 radical (unpaired) electrons. The summed E-state index contributed by atoms with van der Waals surface area (Å²) in [5.41, 5.74) is 0.688. The van der Waals surface area contributed by atoms with Crippen molar-refractivity contribution in [2.45, 2.75) is 6.92 Å². The lowest BCUT2D eigenvalue weighted by molar-refractivity contribution is -0.129. The lowest BCUT2D eigenvalue weighted by Gasteiger charge is -2.02. The number of hydrogen-bond donors (Lipinski definition) is 0. The van der Waals surface area contributed by atoms with E-state index in [2.05, 4.69) is 4.99 Å². The molecule has 122 valence electrons. The highest BCUT2D eigenvalue weighted by atomic mass is 19.1. The fourth-order valence-corrected chi connectivity index (χ4v) is 2.17. The number of ether oxygens (including phenoxy) is 2. The van der Waals surface area contributed by atoms with Gasteiger partial charge < -0.3 is 9.47 Å². The smallest absolute Gasteiger partial charge is 0.363 e. The van der Waals surface area contributed by atoms with Crippen molar-refractivity contribution in [1.29, 1.82) is 0 Å². The van der Waals surface area contributed by atoms with Gasteiger partial charge in [-0.3, -0.25) is 0 Å².